The Kier molecular flexibility index (Phi) is 6.15. The van der Waals surface area contributed by atoms with Crippen LogP contribution in [0.25, 0.3) is 0 Å². The van der Waals surface area contributed by atoms with Crippen molar-refractivity contribution >= 4 is 28.9 Å². The van der Waals surface area contributed by atoms with Crippen molar-refractivity contribution in [3.05, 3.63) is 86.9 Å². The Labute approximate surface area is 201 Å². The molecule has 2 aliphatic rings. The van der Waals surface area contributed by atoms with Gasteiger partial charge in [-0.2, -0.15) is 0 Å². The van der Waals surface area contributed by atoms with Crippen molar-refractivity contribution in [1.82, 2.24) is 4.90 Å². The zero-order chi connectivity index (χ0) is 23.8. The Hall–Kier alpha value is -3.16. The van der Waals surface area contributed by atoms with Gasteiger partial charge in [-0.1, -0.05) is 48.5 Å². The molecule has 7 heteroatoms. The summed E-state index contributed by atoms with van der Waals surface area (Å²) < 4.78 is 20.4. The van der Waals surface area contributed by atoms with Crippen molar-refractivity contribution in [2.75, 3.05) is 6.54 Å². The van der Waals surface area contributed by atoms with Crippen molar-refractivity contribution in [1.29, 1.82) is 0 Å². The van der Waals surface area contributed by atoms with E-state index in [-0.39, 0.29) is 23.2 Å². The fraction of sp³-hybridized carbons (Fsp3) is 0.296. The summed E-state index contributed by atoms with van der Waals surface area (Å²) in [6.07, 6.45) is 2.24. The maximum Gasteiger partial charge on any atom is 0.308 e. The number of esters is 1. The summed E-state index contributed by atoms with van der Waals surface area (Å²) in [5.41, 5.74) is 1.61. The lowest BCUT2D eigenvalue weighted by Crippen LogP contribution is -2.39. The maximum absolute atomic E-state index is 14.8. The highest BCUT2D eigenvalue weighted by atomic mass is 32.1. The molecule has 34 heavy (non-hydrogen) atoms. The van der Waals surface area contributed by atoms with Crippen LogP contribution in [0.5, 0.6) is 5.75 Å². The summed E-state index contributed by atoms with van der Waals surface area (Å²) in [7, 11) is 0. The normalized spacial score (nSPS) is 16.5. The Morgan fingerprint density at radius 1 is 1.06 bits per heavy atom. The smallest absolute Gasteiger partial charge is 0.308 e. The molecule has 0 saturated heterocycles. The van der Waals surface area contributed by atoms with E-state index in [1.807, 2.05) is 11.0 Å². The minimum atomic E-state index is -0.708. The first kappa shape index (κ1) is 22.6. The molecule has 2 heterocycles. The van der Waals surface area contributed by atoms with Crippen LogP contribution in [0.2, 0.25) is 0 Å². The molecule has 0 spiro atoms. The lowest BCUT2D eigenvalue weighted by atomic mass is 9.94. The van der Waals surface area contributed by atoms with Gasteiger partial charge in [0, 0.05) is 47.5 Å². The van der Waals surface area contributed by atoms with Gasteiger partial charge in [0.25, 0.3) is 0 Å². The highest BCUT2D eigenvalue weighted by molar-refractivity contribution is 7.14. The summed E-state index contributed by atoms with van der Waals surface area (Å²) in [6.45, 7) is 2.15. The molecular formula is C27H24FNO4S. The largest absolute Gasteiger partial charge is 0.425 e. The van der Waals surface area contributed by atoms with Crippen molar-refractivity contribution in [3.8, 4) is 5.75 Å². The van der Waals surface area contributed by atoms with E-state index in [4.69, 9.17) is 4.74 Å². The van der Waals surface area contributed by atoms with Gasteiger partial charge in [-0.3, -0.25) is 19.3 Å². The quantitative estimate of drug-likeness (QED) is 0.349. The van der Waals surface area contributed by atoms with Crippen LogP contribution in [-0.2, 0) is 22.6 Å². The maximum atomic E-state index is 14.8. The van der Waals surface area contributed by atoms with E-state index in [1.165, 1.54) is 24.3 Å². The molecule has 1 aromatic heterocycles. The van der Waals surface area contributed by atoms with E-state index in [0.717, 1.165) is 23.3 Å². The number of benzene rings is 2. The molecule has 0 radical (unpaired) electrons. The number of nitrogens with zero attached hydrogens (tertiary/aromatic N) is 1. The van der Waals surface area contributed by atoms with Gasteiger partial charge in [-0.05, 0) is 25.3 Å². The molecule has 2 aromatic carbocycles. The van der Waals surface area contributed by atoms with Gasteiger partial charge in [-0.15, -0.1) is 11.3 Å². The summed E-state index contributed by atoms with van der Waals surface area (Å²) >= 11 is 1.33. The molecule has 1 aliphatic heterocycles. The first-order valence-electron chi connectivity index (χ1n) is 11.4. The van der Waals surface area contributed by atoms with Crippen LogP contribution in [0.15, 0.2) is 54.6 Å². The second kappa shape index (κ2) is 9.24. The number of Topliss-reactive ketones (excluding diaryl/α,β-unsaturated/α-hetero) is 1. The zero-order valence-corrected chi connectivity index (χ0v) is 19.6. The van der Waals surface area contributed by atoms with Crippen LogP contribution in [0.4, 0.5) is 4.39 Å². The lowest BCUT2D eigenvalue weighted by molar-refractivity contribution is -0.132. The molecule has 1 fully saturated rings. The van der Waals surface area contributed by atoms with Crippen LogP contribution < -0.4 is 4.74 Å². The molecule has 0 N–H and O–H groups in total. The number of fused-ring (bicyclic) bond motifs is 1. The van der Waals surface area contributed by atoms with Crippen molar-refractivity contribution in [2.24, 2.45) is 5.92 Å². The predicted octanol–water partition coefficient (Wildman–Crippen LogP) is 5.12. The van der Waals surface area contributed by atoms with Crippen LogP contribution in [0, 0.1) is 11.7 Å². The molecule has 1 saturated carbocycles. The fourth-order valence-electron chi connectivity index (χ4n) is 4.54. The van der Waals surface area contributed by atoms with Gasteiger partial charge in [-0.25, -0.2) is 4.39 Å². The summed E-state index contributed by atoms with van der Waals surface area (Å²) in [4.78, 5) is 41.8. The van der Waals surface area contributed by atoms with Crippen molar-refractivity contribution in [2.45, 2.75) is 38.8 Å². The highest BCUT2D eigenvalue weighted by Gasteiger charge is 2.41. The van der Waals surface area contributed by atoms with Crippen LogP contribution in [0.3, 0.4) is 0 Å². The molecule has 1 atom stereocenters. The molecule has 1 unspecified atom stereocenters. The lowest BCUT2D eigenvalue weighted by Gasteiger charge is -2.34. The summed E-state index contributed by atoms with van der Waals surface area (Å²) in [6, 6.07) is 14.6. The van der Waals surface area contributed by atoms with Crippen LogP contribution >= 0.6 is 11.3 Å². The van der Waals surface area contributed by atoms with Gasteiger partial charge in [0.15, 0.2) is 11.5 Å². The standard InChI is InChI=1S/C27H24FNO4S/c1-16(30)33-26-20-15-29(23(24(31)18-11-12-18)19-9-5-6-10-21(19)28)14-13-22(20)34-27(26)25(32)17-7-3-2-4-8-17/h2-10,18,23H,11-15H2,1H3. The second-order valence-electron chi connectivity index (χ2n) is 8.77. The average Bonchev–Trinajstić information content (AvgIpc) is 3.63. The summed E-state index contributed by atoms with van der Waals surface area (Å²) in [5.74, 6) is -0.882. The molecule has 3 aromatic rings. The van der Waals surface area contributed by atoms with Gasteiger partial charge < -0.3 is 4.74 Å². The van der Waals surface area contributed by atoms with E-state index < -0.39 is 17.8 Å². The topological polar surface area (TPSA) is 63.7 Å². The number of ketones is 2. The first-order chi connectivity index (χ1) is 16.4. The molecule has 1 aliphatic carbocycles. The third-order valence-electron chi connectivity index (χ3n) is 6.33. The minimum absolute atomic E-state index is 0.0263. The van der Waals surface area contributed by atoms with Crippen molar-refractivity contribution in [3.63, 3.8) is 0 Å². The van der Waals surface area contributed by atoms with Gasteiger partial charge in [0.1, 0.15) is 10.7 Å². The Morgan fingerprint density at radius 2 is 1.76 bits per heavy atom. The van der Waals surface area contributed by atoms with Crippen LogP contribution in [-0.4, -0.2) is 29.0 Å². The number of carbonyl (C=O) groups is 3. The molecule has 174 valence electrons. The van der Waals surface area contributed by atoms with Gasteiger partial charge in [0.2, 0.25) is 5.78 Å². The third-order valence-corrected chi connectivity index (χ3v) is 7.60. The minimum Gasteiger partial charge on any atom is -0.425 e. The number of hydrogen-bond donors (Lipinski definition) is 0. The number of halogens is 1. The summed E-state index contributed by atoms with van der Waals surface area (Å²) in [5, 5.41) is 0. The molecular weight excluding hydrogens is 453 g/mol. The van der Waals surface area contributed by atoms with E-state index in [1.54, 1.807) is 42.5 Å². The number of carbonyl (C=O) groups excluding carboxylic acids is 3. The van der Waals surface area contributed by atoms with Crippen LogP contribution in [0.1, 0.15) is 57.0 Å². The molecule has 5 nitrogen and oxygen atoms in total. The van der Waals surface area contributed by atoms with Gasteiger partial charge in [0.05, 0.1) is 6.04 Å². The number of hydrogen-bond acceptors (Lipinski definition) is 6. The number of ether oxygens (including phenoxy) is 1. The predicted molar refractivity (Wildman–Crippen MR) is 126 cm³/mol. The fourth-order valence-corrected chi connectivity index (χ4v) is 5.73. The molecule has 0 amide bonds. The third kappa shape index (κ3) is 4.33. The van der Waals surface area contributed by atoms with E-state index in [9.17, 15) is 18.8 Å². The molecule has 5 rings (SSSR count). The number of thiophene rings is 1. The first-order valence-corrected chi connectivity index (χ1v) is 12.2. The van der Waals surface area contributed by atoms with E-state index in [0.29, 0.717) is 35.5 Å². The monoisotopic (exact) mass is 477 g/mol. The number of rotatable bonds is 7. The Bertz CT molecular complexity index is 1260. The van der Waals surface area contributed by atoms with Crippen molar-refractivity contribution < 1.29 is 23.5 Å². The SMILES string of the molecule is CC(=O)Oc1c(C(=O)c2ccccc2)sc2c1CN(C(C(=O)C1CC1)c1ccccc1F)CC2. The molecule has 0 bridgehead atoms. The van der Waals surface area contributed by atoms with E-state index >= 15 is 0 Å². The average molecular weight is 478 g/mol. The second-order valence-corrected chi connectivity index (χ2v) is 9.88. The van der Waals surface area contributed by atoms with E-state index in [2.05, 4.69) is 0 Å². The Balaban J connectivity index is 1.54. The Morgan fingerprint density at radius 3 is 2.44 bits per heavy atom. The van der Waals surface area contributed by atoms with Gasteiger partial charge >= 0.3 is 5.97 Å². The zero-order valence-electron chi connectivity index (χ0n) is 18.8. The highest BCUT2D eigenvalue weighted by Crippen LogP contribution is 2.44.